The molecule has 0 saturated carbocycles. The maximum atomic E-state index is 13.6. The number of aromatic nitrogens is 1. The average Bonchev–Trinajstić information content (AvgIpc) is 2.57. The third-order valence-electron chi connectivity index (χ3n) is 3.52. The molecule has 0 spiro atoms. The van der Waals surface area contributed by atoms with E-state index in [4.69, 9.17) is 10.5 Å². The van der Waals surface area contributed by atoms with Crippen molar-refractivity contribution >= 4 is 5.82 Å². The van der Waals surface area contributed by atoms with Gasteiger partial charge in [0.15, 0.2) is 11.6 Å². The van der Waals surface area contributed by atoms with Gasteiger partial charge in [0.2, 0.25) is 0 Å². The van der Waals surface area contributed by atoms with Crippen LogP contribution in [0.5, 0.6) is 11.5 Å². The number of nitrogens with zero attached hydrogens (tertiary/aromatic N) is 1. The van der Waals surface area contributed by atoms with Crippen LogP contribution < -0.4 is 10.5 Å². The molecular formula is C18H14F2N2O2. The molecule has 0 fully saturated rings. The second-order valence-electron chi connectivity index (χ2n) is 5.14. The molecule has 2 aromatic carbocycles. The van der Waals surface area contributed by atoms with Crippen LogP contribution in [0.15, 0.2) is 54.7 Å². The van der Waals surface area contributed by atoms with E-state index in [0.717, 1.165) is 17.7 Å². The molecule has 0 bridgehead atoms. The van der Waals surface area contributed by atoms with Crippen molar-refractivity contribution < 1.29 is 18.6 Å². The van der Waals surface area contributed by atoms with E-state index in [9.17, 15) is 13.9 Å². The molecule has 1 aromatic heterocycles. The number of halogens is 2. The first-order valence-electron chi connectivity index (χ1n) is 7.15. The predicted molar refractivity (Wildman–Crippen MR) is 86.4 cm³/mol. The van der Waals surface area contributed by atoms with E-state index in [1.807, 2.05) is 0 Å². The quantitative estimate of drug-likeness (QED) is 0.762. The third-order valence-corrected chi connectivity index (χ3v) is 3.52. The van der Waals surface area contributed by atoms with Crippen molar-refractivity contribution in [1.82, 2.24) is 4.98 Å². The van der Waals surface area contributed by atoms with Gasteiger partial charge >= 0.3 is 0 Å². The number of hydrogen-bond donors (Lipinski definition) is 2. The summed E-state index contributed by atoms with van der Waals surface area (Å²) >= 11 is 0. The van der Waals surface area contributed by atoms with Gasteiger partial charge in [-0.05, 0) is 35.9 Å². The third kappa shape index (κ3) is 3.27. The van der Waals surface area contributed by atoms with E-state index in [-0.39, 0.29) is 29.5 Å². The summed E-state index contributed by atoms with van der Waals surface area (Å²) in [4.78, 5) is 4.04. The lowest BCUT2D eigenvalue weighted by molar-refractivity contribution is 0.293. The SMILES string of the molecule is Nc1ncc(-c2ccc(O)cc2)cc1OCc1c(F)cccc1F. The number of benzene rings is 2. The summed E-state index contributed by atoms with van der Waals surface area (Å²) in [6, 6.07) is 11.8. The first kappa shape index (κ1) is 15.7. The van der Waals surface area contributed by atoms with Crippen molar-refractivity contribution in [2.75, 3.05) is 5.73 Å². The highest BCUT2D eigenvalue weighted by atomic mass is 19.1. The van der Waals surface area contributed by atoms with Crippen molar-refractivity contribution in [1.29, 1.82) is 0 Å². The smallest absolute Gasteiger partial charge is 0.166 e. The Hall–Kier alpha value is -3.15. The maximum Gasteiger partial charge on any atom is 0.166 e. The first-order chi connectivity index (χ1) is 11.5. The van der Waals surface area contributed by atoms with Crippen LogP contribution in [-0.4, -0.2) is 10.1 Å². The number of phenols is 1. The Morgan fingerprint density at radius 1 is 1.00 bits per heavy atom. The molecule has 3 N–H and O–H groups in total. The molecule has 0 radical (unpaired) electrons. The Morgan fingerprint density at radius 2 is 1.67 bits per heavy atom. The summed E-state index contributed by atoms with van der Waals surface area (Å²) in [6.07, 6.45) is 1.55. The van der Waals surface area contributed by atoms with Gasteiger partial charge in [0.05, 0.1) is 5.56 Å². The zero-order valence-electron chi connectivity index (χ0n) is 12.5. The fourth-order valence-electron chi connectivity index (χ4n) is 2.20. The van der Waals surface area contributed by atoms with Crippen LogP contribution in [0.25, 0.3) is 11.1 Å². The first-order valence-corrected chi connectivity index (χ1v) is 7.15. The fraction of sp³-hybridized carbons (Fsp3) is 0.0556. The van der Waals surface area contributed by atoms with Gasteiger partial charge in [0.1, 0.15) is 24.0 Å². The number of hydrogen-bond acceptors (Lipinski definition) is 4. The van der Waals surface area contributed by atoms with Gasteiger partial charge in [-0.2, -0.15) is 0 Å². The Balaban J connectivity index is 1.86. The van der Waals surface area contributed by atoms with Crippen LogP contribution in [0.2, 0.25) is 0 Å². The van der Waals surface area contributed by atoms with Gasteiger partial charge < -0.3 is 15.6 Å². The van der Waals surface area contributed by atoms with E-state index >= 15 is 0 Å². The lowest BCUT2D eigenvalue weighted by Gasteiger charge is -2.11. The number of aromatic hydroxyl groups is 1. The Bertz CT molecular complexity index is 847. The molecule has 0 saturated heterocycles. The topological polar surface area (TPSA) is 68.4 Å². The second-order valence-corrected chi connectivity index (χ2v) is 5.14. The minimum absolute atomic E-state index is 0.120. The molecule has 0 aliphatic heterocycles. The zero-order valence-corrected chi connectivity index (χ0v) is 12.5. The highest BCUT2D eigenvalue weighted by Gasteiger charge is 2.11. The van der Waals surface area contributed by atoms with Crippen molar-refractivity contribution in [3.05, 3.63) is 71.9 Å². The standard InChI is InChI=1S/C18H14F2N2O2/c19-15-2-1-3-16(20)14(15)10-24-17-8-12(9-22-18(17)21)11-4-6-13(23)7-5-11/h1-9,23H,10H2,(H2,21,22). The zero-order chi connectivity index (χ0) is 17.1. The number of ether oxygens (including phenoxy) is 1. The van der Waals surface area contributed by atoms with Gasteiger partial charge in [0, 0.05) is 11.8 Å². The number of anilines is 1. The molecule has 6 heteroatoms. The van der Waals surface area contributed by atoms with Crippen molar-refractivity contribution in [3.63, 3.8) is 0 Å². The highest BCUT2D eigenvalue weighted by Crippen LogP contribution is 2.29. The summed E-state index contributed by atoms with van der Waals surface area (Å²) in [7, 11) is 0. The molecule has 0 aliphatic rings. The number of nitrogen functional groups attached to an aromatic ring is 1. The molecule has 1 heterocycles. The van der Waals surface area contributed by atoms with E-state index in [1.165, 1.54) is 6.07 Å². The lowest BCUT2D eigenvalue weighted by atomic mass is 10.1. The molecule has 4 nitrogen and oxygen atoms in total. The number of pyridine rings is 1. The summed E-state index contributed by atoms with van der Waals surface area (Å²) in [5, 5.41) is 9.33. The van der Waals surface area contributed by atoms with Gasteiger partial charge in [0.25, 0.3) is 0 Å². The van der Waals surface area contributed by atoms with Crippen molar-refractivity contribution in [2.24, 2.45) is 0 Å². The van der Waals surface area contributed by atoms with E-state index in [2.05, 4.69) is 4.98 Å². The van der Waals surface area contributed by atoms with Gasteiger partial charge in [-0.1, -0.05) is 18.2 Å². The molecule has 0 unspecified atom stereocenters. The monoisotopic (exact) mass is 328 g/mol. The van der Waals surface area contributed by atoms with Crippen LogP contribution in [-0.2, 0) is 6.61 Å². The number of rotatable bonds is 4. The van der Waals surface area contributed by atoms with Crippen LogP contribution >= 0.6 is 0 Å². The van der Waals surface area contributed by atoms with Gasteiger partial charge in [-0.3, -0.25) is 0 Å². The molecule has 0 amide bonds. The van der Waals surface area contributed by atoms with Gasteiger partial charge in [-0.15, -0.1) is 0 Å². The maximum absolute atomic E-state index is 13.6. The summed E-state index contributed by atoms with van der Waals surface area (Å²) in [5.41, 5.74) is 7.09. The second kappa shape index (κ2) is 6.54. The lowest BCUT2D eigenvalue weighted by Crippen LogP contribution is -2.04. The molecule has 122 valence electrons. The van der Waals surface area contributed by atoms with Crippen molar-refractivity contribution in [2.45, 2.75) is 6.61 Å². The Labute approximate surface area is 137 Å². The minimum atomic E-state index is -0.684. The van der Waals surface area contributed by atoms with Gasteiger partial charge in [-0.25, -0.2) is 13.8 Å². The molecule has 3 rings (SSSR count). The fourth-order valence-corrected chi connectivity index (χ4v) is 2.20. The van der Waals surface area contributed by atoms with Crippen LogP contribution in [0.4, 0.5) is 14.6 Å². The summed E-state index contributed by atoms with van der Waals surface area (Å²) in [5.74, 6) is -0.876. The summed E-state index contributed by atoms with van der Waals surface area (Å²) in [6.45, 7) is -0.302. The van der Waals surface area contributed by atoms with E-state index in [1.54, 1.807) is 36.5 Å². The molecule has 0 atom stereocenters. The molecular weight excluding hydrogens is 314 g/mol. The predicted octanol–water partition coefficient (Wildman–Crippen LogP) is 3.89. The number of nitrogens with two attached hydrogens (primary N) is 1. The Morgan fingerprint density at radius 3 is 2.33 bits per heavy atom. The van der Waals surface area contributed by atoms with Crippen LogP contribution in [0.1, 0.15) is 5.56 Å². The minimum Gasteiger partial charge on any atom is -0.508 e. The van der Waals surface area contributed by atoms with Crippen molar-refractivity contribution in [3.8, 4) is 22.6 Å². The van der Waals surface area contributed by atoms with Crippen LogP contribution in [0, 0.1) is 11.6 Å². The molecule has 24 heavy (non-hydrogen) atoms. The average molecular weight is 328 g/mol. The van der Waals surface area contributed by atoms with E-state index in [0.29, 0.717) is 5.56 Å². The largest absolute Gasteiger partial charge is 0.508 e. The van der Waals surface area contributed by atoms with E-state index < -0.39 is 11.6 Å². The highest BCUT2D eigenvalue weighted by molar-refractivity contribution is 5.67. The Kier molecular flexibility index (Phi) is 4.29. The normalized spacial score (nSPS) is 10.6. The van der Waals surface area contributed by atoms with Crippen LogP contribution in [0.3, 0.4) is 0 Å². The summed E-state index contributed by atoms with van der Waals surface area (Å²) < 4.78 is 32.7. The number of phenolic OH excluding ortho intramolecular Hbond substituents is 1. The molecule has 0 aliphatic carbocycles. The molecule has 3 aromatic rings.